The number of aryl methyl sites for hydroxylation is 1. The maximum atomic E-state index is 11.4. The Hall–Kier alpha value is -1.90. The number of rotatable bonds is 2. The molecule has 2 aromatic rings. The van der Waals surface area contributed by atoms with E-state index in [9.17, 15) is 4.79 Å². The zero-order chi connectivity index (χ0) is 14.9. The van der Waals surface area contributed by atoms with E-state index in [1.807, 2.05) is 6.07 Å². The quantitative estimate of drug-likeness (QED) is 0.784. The van der Waals surface area contributed by atoms with E-state index >= 15 is 0 Å². The minimum absolute atomic E-state index is 0.0167. The van der Waals surface area contributed by atoms with Crippen molar-refractivity contribution in [2.45, 2.75) is 39.5 Å². The molecule has 0 saturated heterocycles. The molecular weight excluding hydrogens is 250 g/mol. The first-order chi connectivity index (χ1) is 9.32. The van der Waals surface area contributed by atoms with Crippen LogP contribution in [-0.4, -0.2) is 18.1 Å². The van der Waals surface area contributed by atoms with Crippen molar-refractivity contribution in [2.24, 2.45) is 0 Å². The maximum absolute atomic E-state index is 11.4. The number of methoxy groups -OCH3 is 1. The summed E-state index contributed by atoms with van der Waals surface area (Å²) in [6.07, 6.45) is 0.214. The van der Waals surface area contributed by atoms with E-state index < -0.39 is 0 Å². The van der Waals surface area contributed by atoms with Gasteiger partial charge in [-0.1, -0.05) is 39.0 Å². The molecule has 0 spiro atoms. The number of hydrogen-bond acceptors (Lipinski definition) is 3. The summed E-state index contributed by atoms with van der Waals surface area (Å²) < 4.78 is 4.72. The molecule has 0 radical (unpaired) electrons. The summed E-state index contributed by atoms with van der Waals surface area (Å²) in [5.41, 5.74) is 4.10. The fourth-order valence-corrected chi connectivity index (χ4v) is 2.40. The fourth-order valence-electron chi connectivity index (χ4n) is 2.40. The van der Waals surface area contributed by atoms with Crippen LogP contribution in [0, 0.1) is 6.92 Å². The van der Waals surface area contributed by atoms with Gasteiger partial charge in [-0.15, -0.1) is 0 Å². The van der Waals surface area contributed by atoms with Crippen LogP contribution in [0.2, 0.25) is 0 Å². The van der Waals surface area contributed by atoms with Crippen LogP contribution in [0.5, 0.6) is 0 Å². The van der Waals surface area contributed by atoms with Gasteiger partial charge in [0.2, 0.25) is 0 Å². The number of pyridine rings is 1. The van der Waals surface area contributed by atoms with Gasteiger partial charge in [0.15, 0.2) is 0 Å². The third-order valence-corrected chi connectivity index (χ3v) is 3.46. The summed E-state index contributed by atoms with van der Waals surface area (Å²) in [5.74, 6) is -0.260. The second-order valence-electron chi connectivity index (χ2n) is 6.14. The smallest absolute Gasteiger partial charge is 0.311 e. The van der Waals surface area contributed by atoms with Crippen molar-refractivity contribution in [3.63, 3.8) is 0 Å². The second kappa shape index (κ2) is 5.23. The largest absolute Gasteiger partial charge is 0.469 e. The average molecular weight is 271 g/mol. The Morgan fingerprint density at radius 3 is 2.60 bits per heavy atom. The predicted octanol–water partition coefficient (Wildman–Crippen LogP) is 3.56. The van der Waals surface area contributed by atoms with Crippen LogP contribution in [0.3, 0.4) is 0 Å². The van der Waals surface area contributed by atoms with Gasteiger partial charge in [-0.2, -0.15) is 0 Å². The minimum Gasteiger partial charge on any atom is -0.469 e. The third-order valence-electron chi connectivity index (χ3n) is 3.46. The first-order valence-corrected chi connectivity index (χ1v) is 6.79. The lowest BCUT2D eigenvalue weighted by molar-refractivity contribution is -0.139. The summed E-state index contributed by atoms with van der Waals surface area (Å²) in [6.45, 7) is 8.57. The second-order valence-corrected chi connectivity index (χ2v) is 6.14. The van der Waals surface area contributed by atoms with E-state index in [0.29, 0.717) is 0 Å². The van der Waals surface area contributed by atoms with Crippen LogP contribution >= 0.6 is 0 Å². The molecule has 1 aromatic heterocycles. The van der Waals surface area contributed by atoms with Crippen molar-refractivity contribution >= 4 is 16.9 Å². The molecule has 20 heavy (non-hydrogen) atoms. The number of aromatic nitrogens is 1. The average Bonchev–Trinajstić information content (AvgIpc) is 2.36. The Labute approximate surface area is 120 Å². The molecule has 106 valence electrons. The molecule has 0 bridgehead atoms. The van der Waals surface area contributed by atoms with Crippen LogP contribution in [0.4, 0.5) is 0 Å². The Balaban J connectivity index is 2.64. The summed E-state index contributed by atoms with van der Waals surface area (Å²) in [6, 6.07) is 8.22. The molecule has 3 heteroatoms. The number of para-hydroxylation sites is 1. The zero-order valence-corrected chi connectivity index (χ0v) is 12.8. The molecule has 3 nitrogen and oxygen atoms in total. The molecule has 0 saturated carbocycles. The first kappa shape index (κ1) is 14.5. The van der Waals surface area contributed by atoms with Gasteiger partial charge in [0.1, 0.15) is 0 Å². The topological polar surface area (TPSA) is 39.2 Å². The van der Waals surface area contributed by atoms with Gasteiger partial charge in [0.25, 0.3) is 0 Å². The number of fused-ring (bicyclic) bond motifs is 1. The highest BCUT2D eigenvalue weighted by atomic mass is 16.5. The van der Waals surface area contributed by atoms with Crippen LogP contribution in [-0.2, 0) is 21.4 Å². The lowest BCUT2D eigenvalue weighted by Gasteiger charge is -2.21. The van der Waals surface area contributed by atoms with Crippen molar-refractivity contribution in [2.75, 3.05) is 7.11 Å². The van der Waals surface area contributed by atoms with Crippen molar-refractivity contribution in [3.05, 3.63) is 41.1 Å². The van der Waals surface area contributed by atoms with Gasteiger partial charge < -0.3 is 4.74 Å². The summed E-state index contributed by atoms with van der Waals surface area (Å²) >= 11 is 0. The summed E-state index contributed by atoms with van der Waals surface area (Å²) in [7, 11) is 1.40. The van der Waals surface area contributed by atoms with Gasteiger partial charge >= 0.3 is 5.97 Å². The Kier molecular flexibility index (Phi) is 3.80. The number of esters is 1. The molecule has 0 aliphatic carbocycles. The molecule has 0 amide bonds. The number of hydrogen-bond donors (Lipinski definition) is 0. The van der Waals surface area contributed by atoms with E-state index in [4.69, 9.17) is 4.74 Å². The molecule has 0 fully saturated rings. The molecule has 1 aromatic carbocycles. The number of carbonyl (C=O) groups is 1. The van der Waals surface area contributed by atoms with Crippen molar-refractivity contribution in [1.29, 1.82) is 0 Å². The molecular formula is C17H21NO2. The van der Waals surface area contributed by atoms with Gasteiger partial charge in [-0.25, -0.2) is 0 Å². The summed E-state index contributed by atoms with van der Waals surface area (Å²) in [5, 5.41) is 1.14. The van der Waals surface area contributed by atoms with Crippen LogP contribution < -0.4 is 0 Å². The van der Waals surface area contributed by atoms with Crippen LogP contribution in [0.15, 0.2) is 24.3 Å². The van der Waals surface area contributed by atoms with Crippen molar-refractivity contribution in [1.82, 2.24) is 4.98 Å². The predicted molar refractivity (Wildman–Crippen MR) is 80.9 cm³/mol. The van der Waals surface area contributed by atoms with Gasteiger partial charge in [-0.05, 0) is 29.5 Å². The molecule has 1 heterocycles. The molecule has 0 aliphatic rings. The van der Waals surface area contributed by atoms with Crippen molar-refractivity contribution in [3.8, 4) is 0 Å². The van der Waals surface area contributed by atoms with E-state index in [1.165, 1.54) is 12.7 Å². The molecule has 0 aliphatic heterocycles. The molecule has 0 unspecified atom stereocenters. The van der Waals surface area contributed by atoms with E-state index in [0.717, 1.165) is 22.2 Å². The van der Waals surface area contributed by atoms with E-state index in [2.05, 4.69) is 50.9 Å². The first-order valence-electron chi connectivity index (χ1n) is 6.79. The monoisotopic (exact) mass is 271 g/mol. The number of ether oxygens (including phenoxy) is 1. The normalized spacial score (nSPS) is 11.7. The molecule has 0 atom stereocenters. The SMILES string of the molecule is COC(=O)Cc1cc(C)c2cccc(C(C)(C)C)c2n1. The fraction of sp³-hybridized carbons (Fsp3) is 0.412. The van der Waals surface area contributed by atoms with Gasteiger partial charge in [0.05, 0.1) is 24.7 Å². The number of nitrogens with zero attached hydrogens (tertiary/aromatic N) is 1. The Bertz CT molecular complexity index is 654. The highest BCUT2D eigenvalue weighted by Gasteiger charge is 2.19. The standard InChI is InChI=1S/C17H21NO2/c1-11-9-12(10-15(19)20-5)18-16-13(11)7-6-8-14(16)17(2,3)4/h6-9H,10H2,1-5H3. The van der Waals surface area contributed by atoms with Crippen LogP contribution in [0.1, 0.15) is 37.6 Å². The van der Waals surface area contributed by atoms with E-state index in [1.54, 1.807) is 0 Å². The van der Waals surface area contributed by atoms with E-state index in [-0.39, 0.29) is 17.8 Å². The molecule has 0 N–H and O–H groups in total. The summed E-state index contributed by atoms with van der Waals surface area (Å²) in [4.78, 5) is 16.1. The zero-order valence-electron chi connectivity index (χ0n) is 12.8. The third kappa shape index (κ3) is 2.82. The highest BCUT2D eigenvalue weighted by molar-refractivity contribution is 5.86. The van der Waals surface area contributed by atoms with Crippen LogP contribution in [0.25, 0.3) is 10.9 Å². The van der Waals surface area contributed by atoms with Gasteiger partial charge in [-0.3, -0.25) is 9.78 Å². The van der Waals surface area contributed by atoms with Gasteiger partial charge in [0, 0.05) is 5.39 Å². The minimum atomic E-state index is -0.260. The lowest BCUT2D eigenvalue weighted by atomic mass is 9.85. The molecule has 2 rings (SSSR count). The number of benzene rings is 1. The number of carbonyl (C=O) groups excluding carboxylic acids is 1. The Morgan fingerprint density at radius 2 is 2.00 bits per heavy atom. The van der Waals surface area contributed by atoms with Crippen molar-refractivity contribution < 1.29 is 9.53 Å². The highest BCUT2D eigenvalue weighted by Crippen LogP contribution is 2.30. The lowest BCUT2D eigenvalue weighted by Crippen LogP contribution is -2.13. The maximum Gasteiger partial charge on any atom is 0.311 e. The Morgan fingerprint density at radius 1 is 1.30 bits per heavy atom.